The van der Waals surface area contributed by atoms with Gasteiger partial charge in [-0.15, -0.1) is 0 Å². The number of aromatic nitrogens is 3. The van der Waals surface area contributed by atoms with E-state index >= 15 is 0 Å². The molecule has 1 atom stereocenters. The molecular formula is C21H23ClN8O. The third-order valence-corrected chi connectivity index (χ3v) is 5.47. The van der Waals surface area contributed by atoms with Crippen molar-refractivity contribution in [2.24, 2.45) is 5.73 Å². The van der Waals surface area contributed by atoms with Gasteiger partial charge in [-0.2, -0.15) is 0 Å². The normalized spacial score (nSPS) is 16.2. The van der Waals surface area contributed by atoms with Crippen LogP contribution in [0.3, 0.4) is 0 Å². The van der Waals surface area contributed by atoms with E-state index in [0.29, 0.717) is 28.5 Å². The topological polar surface area (TPSA) is 149 Å². The fourth-order valence-electron chi connectivity index (χ4n) is 3.65. The van der Waals surface area contributed by atoms with Gasteiger partial charge >= 0.3 is 0 Å². The minimum atomic E-state index is -0.520. The second-order valence-electron chi connectivity index (χ2n) is 7.37. The number of hydrogen-bond acceptors (Lipinski definition) is 8. The van der Waals surface area contributed by atoms with Crippen molar-refractivity contribution in [3.63, 3.8) is 0 Å². The Kier molecular flexibility index (Phi) is 5.88. The molecule has 1 aromatic carbocycles. The number of amides is 1. The maximum absolute atomic E-state index is 13.1. The van der Waals surface area contributed by atoms with Gasteiger partial charge in [-0.05, 0) is 25.0 Å². The Morgan fingerprint density at radius 1 is 1.16 bits per heavy atom. The number of piperidine rings is 1. The zero-order valence-electron chi connectivity index (χ0n) is 16.8. The fraction of sp³-hybridized carbons (Fsp3) is 0.238. The largest absolute Gasteiger partial charge is 0.382 e. The second kappa shape index (κ2) is 8.75. The molecule has 4 rings (SSSR count). The standard InChI is InChI=1S/C21H23ClN8O/c22-14-6-2-1-5-13(14)17-19(24)29-20(25)18(28-17)21(31)27-15-10-26-8-7-16(15)30-9-3-4-12(23)11-30/h1-2,5-8,10,12H,3-4,9,11,23H2,(H,27,31)(H4,24,25,29). The minimum absolute atomic E-state index is 0.0470. The lowest BCUT2D eigenvalue weighted by Crippen LogP contribution is -2.43. The van der Waals surface area contributed by atoms with Crippen molar-refractivity contribution < 1.29 is 4.79 Å². The van der Waals surface area contributed by atoms with E-state index in [0.717, 1.165) is 25.1 Å². The molecule has 31 heavy (non-hydrogen) atoms. The molecule has 1 amide bonds. The van der Waals surface area contributed by atoms with Gasteiger partial charge < -0.3 is 27.4 Å². The van der Waals surface area contributed by atoms with Crippen LogP contribution in [0.5, 0.6) is 0 Å². The maximum atomic E-state index is 13.1. The van der Waals surface area contributed by atoms with E-state index in [4.69, 9.17) is 28.8 Å². The fourth-order valence-corrected chi connectivity index (χ4v) is 3.88. The molecule has 7 N–H and O–H groups in total. The van der Waals surface area contributed by atoms with Gasteiger partial charge in [0.25, 0.3) is 5.91 Å². The van der Waals surface area contributed by atoms with Gasteiger partial charge in [0.1, 0.15) is 5.69 Å². The van der Waals surface area contributed by atoms with Crippen LogP contribution in [0, 0.1) is 0 Å². The van der Waals surface area contributed by atoms with Crippen LogP contribution >= 0.6 is 11.6 Å². The molecule has 0 bridgehead atoms. The van der Waals surface area contributed by atoms with E-state index in [-0.39, 0.29) is 23.4 Å². The van der Waals surface area contributed by atoms with Gasteiger partial charge in [0.2, 0.25) is 0 Å². The summed E-state index contributed by atoms with van der Waals surface area (Å²) < 4.78 is 0. The first-order valence-electron chi connectivity index (χ1n) is 9.88. The number of nitrogen functional groups attached to an aromatic ring is 2. The third-order valence-electron chi connectivity index (χ3n) is 5.14. The average Bonchev–Trinajstić information content (AvgIpc) is 2.75. The Balaban J connectivity index is 1.66. The molecule has 0 aliphatic carbocycles. The van der Waals surface area contributed by atoms with E-state index in [9.17, 15) is 4.79 Å². The quantitative estimate of drug-likeness (QED) is 0.485. The highest BCUT2D eigenvalue weighted by molar-refractivity contribution is 6.33. The molecule has 0 spiro atoms. The van der Waals surface area contributed by atoms with Crippen LogP contribution in [0.1, 0.15) is 23.3 Å². The number of anilines is 4. The molecule has 1 unspecified atom stereocenters. The molecule has 9 nitrogen and oxygen atoms in total. The predicted octanol–water partition coefficient (Wildman–Crippen LogP) is 2.54. The average molecular weight is 439 g/mol. The number of nitrogens with one attached hydrogen (secondary N) is 1. The van der Waals surface area contributed by atoms with Crippen LogP contribution in [0.2, 0.25) is 5.02 Å². The zero-order chi connectivity index (χ0) is 22.0. The number of carbonyl (C=O) groups is 1. The number of rotatable bonds is 4. The molecule has 3 aromatic rings. The van der Waals surface area contributed by atoms with E-state index in [2.05, 4.69) is 25.2 Å². The van der Waals surface area contributed by atoms with E-state index in [1.165, 1.54) is 0 Å². The summed E-state index contributed by atoms with van der Waals surface area (Å²) in [5.74, 6) is -0.503. The van der Waals surface area contributed by atoms with Crippen molar-refractivity contribution in [2.75, 3.05) is 34.8 Å². The molecule has 1 aliphatic heterocycles. The predicted molar refractivity (Wildman–Crippen MR) is 123 cm³/mol. The third kappa shape index (κ3) is 4.37. The molecule has 1 aliphatic rings. The Hall–Kier alpha value is -3.43. The number of nitrogens with zero attached hydrogens (tertiary/aromatic N) is 4. The lowest BCUT2D eigenvalue weighted by atomic mass is 10.1. The first-order chi connectivity index (χ1) is 14.9. The Bertz CT molecular complexity index is 1120. The summed E-state index contributed by atoms with van der Waals surface area (Å²) in [6, 6.07) is 8.97. The van der Waals surface area contributed by atoms with Crippen molar-refractivity contribution in [2.45, 2.75) is 18.9 Å². The first-order valence-corrected chi connectivity index (χ1v) is 10.3. The van der Waals surface area contributed by atoms with Crippen LogP contribution < -0.4 is 27.4 Å². The van der Waals surface area contributed by atoms with Gasteiger partial charge in [-0.1, -0.05) is 29.8 Å². The molecule has 0 radical (unpaired) electrons. The van der Waals surface area contributed by atoms with Crippen LogP contribution in [-0.2, 0) is 0 Å². The number of halogens is 1. The number of pyridine rings is 1. The number of hydrogen-bond donors (Lipinski definition) is 4. The highest BCUT2D eigenvalue weighted by Gasteiger charge is 2.23. The van der Waals surface area contributed by atoms with Gasteiger partial charge in [0, 0.05) is 30.9 Å². The molecule has 0 saturated carbocycles. The number of nitrogens with two attached hydrogens (primary N) is 3. The SMILES string of the molecule is Nc1nc(N)c(-c2ccccc2Cl)nc1C(=O)Nc1cnccc1N1CCCC(N)C1. The summed E-state index contributed by atoms with van der Waals surface area (Å²) in [5.41, 5.74) is 20.3. The molecule has 3 heterocycles. The van der Waals surface area contributed by atoms with Crippen molar-refractivity contribution in [3.8, 4) is 11.3 Å². The van der Waals surface area contributed by atoms with Gasteiger partial charge in [-0.3, -0.25) is 9.78 Å². The van der Waals surface area contributed by atoms with E-state index < -0.39 is 5.91 Å². The highest BCUT2D eigenvalue weighted by Crippen LogP contribution is 2.31. The zero-order valence-corrected chi connectivity index (χ0v) is 17.5. The summed E-state index contributed by atoms with van der Waals surface area (Å²) in [7, 11) is 0. The van der Waals surface area contributed by atoms with E-state index in [1.807, 2.05) is 6.07 Å². The van der Waals surface area contributed by atoms with Crippen LogP contribution in [0.4, 0.5) is 23.0 Å². The number of benzene rings is 1. The summed E-state index contributed by atoms with van der Waals surface area (Å²) in [5, 5.41) is 3.29. The monoisotopic (exact) mass is 438 g/mol. The van der Waals surface area contributed by atoms with Gasteiger partial charge in [0.05, 0.1) is 22.6 Å². The molecule has 10 heteroatoms. The summed E-state index contributed by atoms with van der Waals surface area (Å²) >= 11 is 6.27. The smallest absolute Gasteiger partial charge is 0.278 e. The maximum Gasteiger partial charge on any atom is 0.278 e. The van der Waals surface area contributed by atoms with Crippen molar-refractivity contribution >= 4 is 40.5 Å². The molecular weight excluding hydrogens is 416 g/mol. The molecule has 160 valence electrons. The first kappa shape index (κ1) is 20.8. The van der Waals surface area contributed by atoms with Crippen molar-refractivity contribution in [1.29, 1.82) is 0 Å². The summed E-state index contributed by atoms with van der Waals surface area (Å²) in [6.07, 6.45) is 5.22. The Morgan fingerprint density at radius 2 is 1.97 bits per heavy atom. The summed E-state index contributed by atoms with van der Waals surface area (Å²) in [4.78, 5) is 27.9. The minimum Gasteiger partial charge on any atom is -0.382 e. The lowest BCUT2D eigenvalue weighted by Gasteiger charge is -2.33. The summed E-state index contributed by atoms with van der Waals surface area (Å²) in [6.45, 7) is 1.55. The number of carbonyl (C=O) groups excluding carboxylic acids is 1. The van der Waals surface area contributed by atoms with E-state index in [1.54, 1.807) is 36.7 Å². The van der Waals surface area contributed by atoms with Crippen LogP contribution in [0.25, 0.3) is 11.3 Å². The molecule has 1 saturated heterocycles. The lowest BCUT2D eigenvalue weighted by molar-refractivity contribution is 0.102. The van der Waals surface area contributed by atoms with Crippen molar-refractivity contribution in [1.82, 2.24) is 15.0 Å². The molecule has 1 fully saturated rings. The van der Waals surface area contributed by atoms with Gasteiger partial charge in [-0.25, -0.2) is 9.97 Å². The van der Waals surface area contributed by atoms with Crippen LogP contribution in [-0.4, -0.2) is 40.0 Å². The molecule has 2 aromatic heterocycles. The Morgan fingerprint density at radius 3 is 2.74 bits per heavy atom. The second-order valence-corrected chi connectivity index (χ2v) is 7.77. The van der Waals surface area contributed by atoms with Crippen LogP contribution in [0.15, 0.2) is 42.7 Å². The Labute approximate surface area is 184 Å². The van der Waals surface area contributed by atoms with Crippen molar-refractivity contribution in [3.05, 3.63) is 53.4 Å². The van der Waals surface area contributed by atoms with Gasteiger partial charge in [0.15, 0.2) is 17.3 Å². The highest BCUT2D eigenvalue weighted by atomic mass is 35.5.